The maximum atomic E-state index is 12.7. The summed E-state index contributed by atoms with van der Waals surface area (Å²) in [4.78, 5) is 35.3. The molecule has 0 aromatic heterocycles. The van der Waals surface area contributed by atoms with Gasteiger partial charge >= 0.3 is 19.8 Å². The van der Waals surface area contributed by atoms with Gasteiger partial charge in [-0.15, -0.1) is 0 Å². The summed E-state index contributed by atoms with van der Waals surface area (Å²) in [7, 11) is 1.33. The maximum absolute atomic E-state index is 12.7. The molecule has 0 spiro atoms. The standard InChI is InChI=1S/C44H78NO10P/c1-6-8-10-11-12-13-14-15-16-17-21-24-28-34-44(49)55-42(39-54-56(50,51)53-37-36-45(3,4)5)38-52-43(48)35-29-33-41(47)32-27-23-20-18-19-22-26-31-40(46)30-25-9-7-2/h13-14,19-20,22-23,26-27,31-32,40-42,46-47H,6-12,15-18,21,24-25,28-30,33-39H2,1-5H3/p+1/b14-13-,22-19-,23-20-,31-26+,32-27+/t40-,41-,42+/m0/s1. The van der Waals surface area contributed by atoms with Crippen molar-refractivity contribution >= 4 is 19.8 Å². The van der Waals surface area contributed by atoms with Gasteiger partial charge in [-0.3, -0.25) is 18.6 Å². The lowest BCUT2D eigenvalue weighted by Gasteiger charge is -2.24. The van der Waals surface area contributed by atoms with Gasteiger partial charge in [-0.25, -0.2) is 4.57 Å². The van der Waals surface area contributed by atoms with Gasteiger partial charge in [0.05, 0.1) is 40.0 Å². The lowest BCUT2D eigenvalue weighted by Crippen LogP contribution is -2.37. The van der Waals surface area contributed by atoms with E-state index in [1.165, 1.54) is 25.7 Å². The number of carbonyl (C=O) groups is 2. The Morgan fingerprint density at radius 3 is 1.79 bits per heavy atom. The van der Waals surface area contributed by atoms with Gasteiger partial charge in [-0.2, -0.15) is 0 Å². The van der Waals surface area contributed by atoms with Gasteiger partial charge in [0.1, 0.15) is 19.8 Å². The summed E-state index contributed by atoms with van der Waals surface area (Å²) in [6.45, 7) is 4.01. The molecule has 0 aromatic carbocycles. The molecule has 0 saturated heterocycles. The van der Waals surface area contributed by atoms with Crippen molar-refractivity contribution < 1.29 is 52.3 Å². The zero-order valence-electron chi connectivity index (χ0n) is 35.6. The van der Waals surface area contributed by atoms with Crippen molar-refractivity contribution in [3.63, 3.8) is 0 Å². The summed E-state index contributed by atoms with van der Waals surface area (Å²) >= 11 is 0. The average molecular weight is 813 g/mol. The molecular weight excluding hydrogens is 733 g/mol. The molecule has 11 nitrogen and oxygen atoms in total. The third-order valence-corrected chi connectivity index (χ3v) is 9.71. The number of likely N-dealkylation sites (N-methyl/N-ethyl adjacent to an activating group) is 1. The fourth-order valence-electron chi connectivity index (χ4n) is 5.28. The topological polar surface area (TPSA) is 149 Å². The number of quaternary nitrogens is 1. The quantitative estimate of drug-likeness (QED) is 0.0138. The van der Waals surface area contributed by atoms with E-state index in [0.29, 0.717) is 36.7 Å². The molecule has 0 heterocycles. The SMILES string of the molecule is CCCCCC/C=C\CCCCCCCC(=O)O[C@H](COC(=O)CCC[C@@H](O)/C=C/C=C\C/C=C\C=C\[C@@H](O)CCCCC)COP(=O)(O)OCC[N+](C)(C)C. The van der Waals surface area contributed by atoms with Gasteiger partial charge in [0.25, 0.3) is 0 Å². The van der Waals surface area contributed by atoms with Gasteiger partial charge in [0.15, 0.2) is 6.10 Å². The normalized spacial score (nSPS) is 15.4. The van der Waals surface area contributed by atoms with Crippen LogP contribution in [-0.4, -0.2) is 97.3 Å². The van der Waals surface area contributed by atoms with E-state index in [1.807, 2.05) is 51.5 Å². The molecule has 0 bridgehead atoms. The predicted octanol–water partition coefficient (Wildman–Crippen LogP) is 9.63. The highest BCUT2D eigenvalue weighted by atomic mass is 31.2. The summed E-state index contributed by atoms with van der Waals surface area (Å²) < 4.78 is 34.0. The van der Waals surface area contributed by atoms with Crippen LogP contribution in [0.4, 0.5) is 0 Å². The number of allylic oxidation sites excluding steroid dienone is 8. The molecule has 4 atom stereocenters. The first kappa shape index (κ1) is 53.6. The van der Waals surface area contributed by atoms with Crippen molar-refractivity contribution in [3.8, 4) is 0 Å². The van der Waals surface area contributed by atoms with E-state index in [-0.39, 0.29) is 26.1 Å². The first-order valence-electron chi connectivity index (χ1n) is 21.2. The summed E-state index contributed by atoms with van der Waals surface area (Å²) in [5, 5.41) is 20.2. The molecule has 0 aliphatic rings. The largest absolute Gasteiger partial charge is 0.472 e. The first-order chi connectivity index (χ1) is 26.8. The van der Waals surface area contributed by atoms with Crippen LogP contribution < -0.4 is 0 Å². The van der Waals surface area contributed by atoms with Crippen LogP contribution in [-0.2, 0) is 32.7 Å². The van der Waals surface area contributed by atoms with E-state index in [2.05, 4.69) is 26.0 Å². The number of phosphoric ester groups is 1. The lowest BCUT2D eigenvalue weighted by molar-refractivity contribution is -0.870. The Morgan fingerprint density at radius 1 is 0.643 bits per heavy atom. The number of nitrogens with zero attached hydrogens (tertiary/aromatic N) is 1. The second kappa shape index (κ2) is 35.8. The van der Waals surface area contributed by atoms with Crippen LogP contribution >= 0.6 is 7.82 Å². The van der Waals surface area contributed by atoms with Crippen molar-refractivity contribution in [2.75, 3.05) is 47.5 Å². The summed E-state index contributed by atoms with van der Waals surface area (Å²) in [6.07, 6.45) is 34.8. The number of carbonyl (C=O) groups excluding carboxylic acids is 2. The molecule has 0 fully saturated rings. The Hall–Kier alpha value is -2.37. The number of unbranched alkanes of at least 4 members (excludes halogenated alkanes) is 11. The van der Waals surface area contributed by atoms with E-state index in [9.17, 15) is 29.3 Å². The van der Waals surface area contributed by atoms with Crippen LogP contribution in [0.25, 0.3) is 0 Å². The number of phosphoric acid groups is 1. The van der Waals surface area contributed by atoms with Crippen molar-refractivity contribution in [2.24, 2.45) is 0 Å². The molecule has 0 rings (SSSR count). The van der Waals surface area contributed by atoms with Crippen molar-refractivity contribution in [2.45, 2.75) is 161 Å². The number of aliphatic hydroxyl groups excluding tert-OH is 2. The molecule has 0 saturated carbocycles. The maximum Gasteiger partial charge on any atom is 0.472 e. The number of rotatable bonds is 37. The molecule has 0 aliphatic carbocycles. The van der Waals surface area contributed by atoms with Crippen LogP contribution in [0.3, 0.4) is 0 Å². The fourth-order valence-corrected chi connectivity index (χ4v) is 6.02. The Bertz CT molecular complexity index is 1180. The fraction of sp³-hybridized carbons (Fsp3) is 0.727. The third-order valence-electron chi connectivity index (χ3n) is 8.73. The van der Waals surface area contributed by atoms with Gasteiger partial charge < -0.3 is 29.1 Å². The molecule has 1 unspecified atom stereocenters. The highest BCUT2D eigenvalue weighted by Gasteiger charge is 2.27. The third kappa shape index (κ3) is 38.5. The zero-order chi connectivity index (χ0) is 41.8. The number of esters is 2. The van der Waals surface area contributed by atoms with E-state index in [0.717, 1.165) is 64.2 Å². The Balaban J connectivity index is 4.64. The Kier molecular flexibility index (Phi) is 34.3. The highest BCUT2D eigenvalue weighted by molar-refractivity contribution is 7.47. The molecular formula is C44H79NO10P+. The van der Waals surface area contributed by atoms with Crippen molar-refractivity contribution in [1.29, 1.82) is 0 Å². The first-order valence-corrected chi connectivity index (χ1v) is 22.7. The van der Waals surface area contributed by atoms with Gasteiger partial charge in [0.2, 0.25) is 0 Å². The monoisotopic (exact) mass is 813 g/mol. The molecule has 0 radical (unpaired) electrons. The molecule has 324 valence electrons. The molecule has 0 amide bonds. The van der Waals surface area contributed by atoms with E-state index < -0.39 is 44.7 Å². The van der Waals surface area contributed by atoms with Crippen LogP contribution in [0.15, 0.2) is 60.8 Å². The van der Waals surface area contributed by atoms with E-state index in [4.69, 9.17) is 18.5 Å². The Morgan fingerprint density at radius 2 is 1.18 bits per heavy atom. The molecule has 3 N–H and O–H groups in total. The molecule has 0 aliphatic heterocycles. The number of ether oxygens (including phenoxy) is 2. The predicted molar refractivity (Wildman–Crippen MR) is 227 cm³/mol. The lowest BCUT2D eigenvalue weighted by atomic mass is 10.1. The summed E-state index contributed by atoms with van der Waals surface area (Å²) in [5.74, 6) is -1.04. The molecule has 0 aromatic rings. The van der Waals surface area contributed by atoms with Crippen molar-refractivity contribution in [1.82, 2.24) is 0 Å². The second-order valence-corrected chi connectivity index (χ2v) is 16.9. The van der Waals surface area contributed by atoms with E-state index >= 15 is 0 Å². The smallest absolute Gasteiger partial charge is 0.462 e. The van der Waals surface area contributed by atoms with Gasteiger partial charge in [0, 0.05) is 12.8 Å². The van der Waals surface area contributed by atoms with Crippen LogP contribution in [0.2, 0.25) is 0 Å². The number of hydrogen-bond donors (Lipinski definition) is 3. The Labute approximate surface area is 340 Å². The zero-order valence-corrected chi connectivity index (χ0v) is 36.5. The van der Waals surface area contributed by atoms with Crippen LogP contribution in [0.1, 0.15) is 142 Å². The highest BCUT2D eigenvalue weighted by Crippen LogP contribution is 2.43. The number of hydrogen-bond acceptors (Lipinski definition) is 9. The van der Waals surface area contributed by atoms with Crippen LogP contribution in [0, 0.1) is 0 Å². The minimum absolute atomic E-state index is 0.00958. The second-order valence-electron chi connectivity index (χ2n) is 15.4. The minimum Gasteiger partial charge on any atom is -0.462 e. The molecule has 12 heteroatoms. The number of aliphatic hydroxyl groups is 2. The average Bonchev–Trinajstić information content (AvgIpc) is 3.13. The van der Waals surface area contributed by atoms with Crippen molar-refractivity contribution in [3.05, 3.63) is 60.8 Å². The van der Waals surface area contributed by atoms with Gasteiger partial charge in [-0.1, -0.05) is 132 Å². The van der Waals surface area contributed by atoms with Gasteiger partial charge in [-0.05, 0) is 57.8 Å². The molecule has 56 heavy (non-hydrogen) atoms. The summed E-state index contributed by atoms with van der Waals surface area (Å²) in [5.41, 5.74) is 0. The minimum atomic E-state index is -4.43. The van der Waals surface area contributed by atoms with E-state index in [1.54, 1.807) is 18.2 Å². The van der Waals surface area contributed by atoms with Crippen LogP contribution in [0.5, 0.6) is 0 Å². The summed E-state index contributed by atoms with van der Waals surface area (Å²) in [6, 6.07) is 0.